The van der Waals surface area contributed by atoms with E-state index in [1.54, 1.807) is 13.0 Å². The third-order valence-corrected chi connectivity index (χ3v) is 3.20. The molecule has 0 fully saturated rings. The van der Waals surface area contributed by atoms with Crippen molar-refractivity contribution in [2.75, 3.05) is 6.61 Å². The van der Waals surface area contributed by atoms with E-state index in [2.05, 4.69) is 12.1 Å². The summed E-state index contributed by atoms with van der Waals surface area (Å²) in [7, 11) is 0. The lowest BCUT2D eigenvalue weighted by Gasteiger charge is -2.21. The Labute approximate surface area is 108 Å². The third-order valence-electron chi connectivity index (χ3n) is 3.20. The molecule has 0 radical (unpaired) electrons. The molecule has 1 aliphatic rings. The maximum Gasteiger partial charge on any atom is 0.330 e. The molecule has 0 heterocycles. The van der Waals surface area contributed by atoms with Gasteiger partial charge in [0.15, 0.2) is 0 Å². The summed E-state index contributed by atoms with van der Waals surface area (Å²) in [5, 5.41) is 0. The zero-order valence-corrected chi connectivity index (χ0v) is 10.7. The number of rotatable bonds is 3. The summed E-state index contributed by atoms with van der Waals surface area (Å²) in [6.45, 7) is 2.20. The predicted octanol–water partition coefficient (Wildman–Crippen LogP) is 2.08. The first-order chi connectivity index (χ1) is 8.69. The molecule has 0 bridgehead atoms. The monoisotopic (exact) mass is 245 g/mol. The van der Waals surface area contributed by atoms with Gasteiger partial charge in [0.2, 0.25) is 0 Å². The van der Waals surface area contributed by atoms with E-state index in [0.717, 1.165) is 24.8 Å². The van der Waals surface area contributed by atoms with Crippen LogP contribution < -0.4 is 5.73 Å². The number of hydrogen-bond donors (Lipinski definition) is 1. The lowest BCUT2D eigenvalue weighted by atomic mass is 9.87. The minimum absolute atomic E-state index is 0.266. The molecule has 0 unspecified atom stereocenters. The maximum absolute atomic E-state index is 11.2. The van der Waals surface area contributed by atoms with Gasteiger partial charge in [0.05, 0.1) is 6.61 Å². The lowest BCUT2D eigenvalue weighted by molar-refractivity contribution is -0.137. The van der Waals surface area contributed by atoms with Crippen LogP contribution in [0.4, 0.5) is 0 Å². The van der Waals surface area contributed by atoms with Crippen molar-refractivity contribution < 1.29 is 9.53 Å². The van der Waals surface area contributed by atoms with E-state index in [-0.39, 0.29) is 12.0 Å². The molecular weight excluding hydrogens is 226 g/mol. The highest BCUT2D eigenvalue weighted by molar-refractivity contribution is 5.87. The number of ether oxygens (including phenoxy) is 1. The van der Waals surface area contributed by atoms with Gasteiger partial charge < -0.3 is 10.5 Å². The van der Waals surface area contributed by atoms with Crippen LogP contribution in [0.2, 0.25) is 0 Å². The Morgan fingerprint density at radius 1 is 1.50 bits per heavy atom. The van der Waals surface area contributed by atoms with E-state index >= 15 is 0 Å². The summed E-state index contributed by atoms with van der Waals surface area (Å²) >= 11 is 0. The van der Waals surface area contributed by atoms with Gasteiger partial charge in [-0.15, -0.1) is 0 Å². The second kappa shape index (κ2) is 5.83. The Morgan fingerprint density at radius 2 is 2.33 bits per heavy atom. The molecule has 0 saturated heterocycles. The van der Waals surface area contributed by atoms with Gasteiger partial charge in [0.1, 0.15) is 0 Å². The van der Waals surface area contributed by atoms with Gasteiger partial charge in [-0.05, 0) is 49.0 Å². The van der Waals surface area contributed by atoms with Crippen LogP contribution in [0.3, 0.4) is 0 Å². The van der Waals surface area contributed by atoms with Crippen molar-refractivity contribution in [3.05, 3.63) is 41.0 Å². The molecule has 1 aromatic carbocycles. The molecule has 1 aliphatic carbocycles. The van der Waals surface area contributed by atoms with Crippen LogP contribution in [0.1, 0.15) is 30.0 Å². The summed E-state index contributed by atoms with van der Waals surface area (Å²) in [6, 6.07) is 6.54. The van der Waals surface area contributed by atoms with Crippen molar-refractivity contribution in [3.8, 4) is 0 Å². The molecule has 2 rings (SSSR count). The van der Waals surface area contributed by atoms with Gasteiger partial charge in [-0.25, -0.2) is 4.79 Å². The molecule has 2 N–H and O–H groups in total. The third kappa shape index (κ3) is 3.20. The maximum atomic E-state index is 11.2. The average Bonchev–Trinajstić information content (AvgIpc) is 2.36. The predicted molar refractivity (Wildman–Crippen MR) is 72.1 cm³/mol. The molecule has 0 aliphatic heterocycles. The Bertz CT molecular complexity index is 466. The van der Waals surface area contributed by atoms with Gasteiger partial charge in [0, 0.05) is 12.1 Å². The van der Waals surface area contributed by atoms with Crippen molar-refractivity contribution in [1.82, 2.24) is 0 Å². The molecule has 0 aromatic heterocycles. The fraction of sp³-hybridized carbons (Fsp3) is 0.400. The zero-order chi connectivity index (χ0) is 13.0. The zero-order valence-electron chi connectivity index (χ0n) is 10.7. The largest absolute Gasteiger partial charge is 0.463 e. The van der Waals surface area contributed by atoms with Gasteiger partial charge in [-0.1, -0.05) is 18.2 Å². The number of esters is 1. The van der Waals surface area contributed by atoms with Crippen molar-refractivity contribution >= 4 is 12.0 Å². The molecule has 0 amide bonds. The summed E-state index contributed by atoms with van der Waals surface area (Å²) in [5.74, 6) is -0.299. The lowest BCUT2D eigenvalue weighted by Crippen LogP contribution is -2.27. The first kappa shape index (κ1) is 12.8. The van der Waals surface area contributed by atoms with Crippen LogP contribution in [0.25, 0.3) is 6.08 Å². The number of carbonyl (C=O) groups is 1. The molecule has 1 aromatic rings. The Morgan fingerprint density at radius 3 is 3.11 bits per heavy atom. The molecule has 18 heavy (non-hydrogen) atoms. The highest BCUT2D eigenvalue weighted by atomic mass is 16.5. The topological polar surface area (TPSA) is 52.3 Å². The molecule has 0 saturated carbocycles. The van der Waals surface area contributed by atoms with Gasteiger partial charge in [-0.2, -0.15) is 0 Å². The summed E-state index contributed by atoms with van der Waals surface area (Å²) in [5.41, 5.74) is 9.68. The van der Waals surface area contributed by atoms with Gasteiger partial charge in [-0.3, -0.25) is 0 Å². The molecule has 0 spiro atoms. The van der Waals surface area contributed by atoms with Crippen molar-refractivity contribution in [2.45, 2.75) is 32.2 Å². The Kier molecular flexibility index (Phi) is 4.15. The van der Waals surface area contributed by atoms with Crippen LogP contribution in [-0.2, 0) is 22.4 Å². The highest BCUT2D eigenvalue weighted by Gasteiger charge is 2.14. The fourth-order valence-corrected chi connectivity index (χ4v) is 2.26. The molecule has 3 nitrogen and oxygen atoms in total. The summed E-state index contributed by atoms with van der Waals surface area (Å²) in [6.07, 6.45) is 6.30. The van der Waals surface area contributed by atoms with Crippen molar-refractivity contribution in [3.63, 3.8) is 0 Å². The normalized spacial score (nSPS) is 18.7. The summed E-state index contributed by atoms with van der Waals surface area (Å²) < 4.78 is 4.85. The average molecular weight is 245 g/mol. The van der Waals surface area contributed by atoms with Crippen LogP contribution in [0.5, 0.6) is 0 Å². The van der Waals surface area contributed by atoms with Gasteiger partial charge in [0.25, 0.3) is 0 Å². The smallest absolute Gasteiger partial charge is 0.330 e. The highest BCUT2D eigenvalue weighted by Crippen LogP contribution is 2.22. The number of fused-ring (bicyclic) bond motifs is 1. The quantitative estimate of drug-likeness (QED) is 0.655. The van der Waals surface area contributed by atoms with Crippen molar-refractivity contribution in [1.29, 1.82) is 0 Å². The number of hydrogen-bond acceptors (Lipinski definition) is 3. The molecular formula is C15H19NO2. The van der Waals surface area contributed by atoms with E-state index < -0.39 is 0 Å². The minimum atomic E-state index is -0.299. The minimum Gasteiger partial charge on any atom is -0.463 e. The van der Waals surface area contributed by atoms with E-state index in [0.29, 0.717) is 6.61 Å². The molecule has 1 atom stereocenters. The molecule has 3 heteroatoms. The second-order valence-electron chi connectivity index (χ2n) is 4.62. The first-order valence-corrected chi connectivity index (χ1v) is 6.41. The number of aryl methyl sites for hydroxylation is 1. The molecule has 96 valence electrons. The van der Waals surface area contributed by atoms with Crippen molar-refractivity contribution in [2.24, 2.45) is 5.73 Å². The Hall–Kier alpha value is -1.61. The van der Waals surface area contributed by atoms with Crippen LogP contribution in [-0.4, -0.2) is 18.6 Å². The van der Waals surface area contributed by atoms with Crippen LogP contribution in [0.15, 0.2) is 24.3 Å². The number of carbonyl (C=O) groups excluding carboxylic acids is 1. The Balaban J connectivity index is 2.11. The van der Waals surface area contributed by atoms with E-state index in [9.17, 15) is 4.79 Å². The first-order valence-electron chi connectivity index (χ1n) is 6.41. The second-order valence-corrected chi connectivity index (χ2v) is 4.62. The fourth-order valence-electron chi connectivity index (χ4n) is 2.26. The van der Waals surface area contributed by atoms with Crippen LogP contribution >= 0.6 is 0 Å². The number of benzene rings is 1. The van der Waals surface area contributed by atoms with E-state index in [4.69, 9.17) is 10.5 Å². The van der Waals surface area contributed by atoms with Gasteiger partial charge >= 0.3 is 5.97 Å². The summed E-state index contributed by atoms with van der Waals surface area (Å²) in [4.78, 5) is 11.2. The van der Waals surface area contributed by atoms with Crippen LogP contribution in [0, 0.1) is 0 Å². The standard InChI is InChI=1S/C15H19NO2/c1-2-18-15(17)8-4-11-3-5-12-6-7-14(16)10-13(12)9-11/h3-5,8-9,14H,2,6-7,10,16H2,1H3/b8-4+/t14-/m0/s1. The SMILES string of the molecule is CCOC(=O)/C=C/c1ccc2c(c1)C[C@@H](N)CC2. The van der Waals surface area contributed by atoms with E-state index in [1.165, 1.54) is 17.2 Å². The number of nitrogens with two attached hydrogens (primary N) is 1. The van der Waals surface area contributed by atoms with E-state index in [1.807, 2.05) is 6.07 Å².